The second kappa shape index (κ2) is 10.1. The Labute approximate surface area is 133 Å². The van der Waals surface area contributed by atoms with E-state index < -0.39 is 0 Å². The summed E-state index contributed by atoms with van der Waals surface area (Å²) in [4.78, 5) is 0. The van der Waals surface area contributed by atoms with Crippen molar-refractivity contribution in [1.82, 2.24) is 0 Å². The second-order valence-corrected chi connectivity index (χ2v) is 3.35. The van der Waals surface area contributed by atoms with Crippen molar-refractivity contribution in [2.24, 2.45) is 0 Å². The summed E-state index contributed by atoms with van der Waals surface area (Å²) in [5.41, 5.74) is 2.15. The molecule has 2 heteroatoms. The fraction of sp³-hybridized carbons (Fsp3) is 0. The quantitative estimate of drug-likeness (QED) is 0.312. The van der Waals surface area contributed by atoms with Crippen molar-refractivity contribution in [2.75, 3.05) is 0 Å². The van der Waals surface area contributed by atoms with Gasteiger partial charge in [-0.3, -0.25) is 0 Å². The summed E-state index contributed by atoms with van der Waals surface area (Å²) < 4.78 is 0. The first kappa shape index (κ1) is 17.1. The van der Waals surface area contributed by atoms with Gasteiger partial charge in [-0.25, -0.2) is 12.2 Å². The molecule has 0 saturated heterocycles. The SMILES string of the molecule is [C-](=CC=[C-]c1ccccc1)c1ccccc1.[Li+].[Li+]. The third-order valence-corrected chi connectivity index (χ3v) is 2.13. The number of hydrogen-bond acceptors (Lipinski definition) is 0. The van der Waals surface area contributed by atoms with E-state index in [1.807, 2.05) is 72.8 Å². The average molecular weight is 218 g/mol. The number of rotatable bonds is 3. The maximum Gasteiger partial charge on any atom is 1.00 e. The fourth-order valence-electron chi connectivity index (χ4n) is 1.34. The molecule has 0 radical (unpaired) electrons. The molecule has 0 amide bonds. The summed E-state index contributed by atoms with van der Waals surface area (Å²) in [6.45, 7) is 0. The third kappa shape index (κ3) is 6.16. The third-order valence-electron chi connectivity index (χ3n) is 2.13. The van der Waals surface area contributed by atoms with Crippen molar-refractivity contribution in [3.8, 4) is 0 Å². The predicted molar refractivity (Wildman–Crippen MR) is 66.7 cm³/mol. The molecule has 0 bridgehead atoms. The molecule has 0 aliphatic heterocycles. The Balaban J connectivity index is 0.00000144. The molecular weight excluding hydrogens is 206 g/mol. The van der Waals surface area contributed by atoms with Gasteiger partial charge in [0.25, 0.3) is 0 Å². The van der Waals surface area contributed by atoms with E-state index in [0.29, 0.717) is 0 Å². The van der Waals surface area contributed by atoms with Crippen molar-refractivity contribution < 1.29 is 37.7 Å². The van der Waals surface area contributed by atoms with Crippen LogP contribution in [-0.2, 0) is 0 Å². The molecule has 0 unspecified atom stereocenters. The summed E-state index contributed by atoms with van der Waals surface area (Å²) in [5.74, 6) is 0. The molecule has 0 aromatic heterocycles. The molecule has 2 rings (SSSR count). The summed E-state index contributed by atoms with van der Waals surface area (Å²) in [5, 5.41) is 0. The minimum absolute atomic E-state index is 0. The first-order valence-electron chi connectivity index (χ1n) is 5.23. The Morgan fingerprint density at radius 1 is 0.556 bits per heavy atom. The summed E-state index contributed by atoms with van der Waals surface area (Å²) in [6, 6.07) is 20.1. The van der Waals surface area contributed by atoms with Crippen molar-refractivity contribution in [3.05, 3.63) is 96.1 Å². The Morgan fingerprint density at radius 3 is 1.22 bits per heavy atom. The van der Waals surface area contributed by atoms with E-state index in [1.165, 1.54) is 0 Å². The maximum atomic E-state index is 3.17. The van der Waals surface area contributed by atoms with Crippen LogP contribution >= 0.6 is 0 Å². The van der Waals surface area contributed by atoms with Gasteiger partial charge in [0.1, 0.15) is 0 Å². The Kier molecular flexibility index (Phi) is 9.58. The molecule has 0 saturated carbocycles. The normalized spacial score (nSPS) is 10.0. The molecule has 0 fully saturated rings. The molecule has 0 N–H and O–H groups in total. The molecule has 78 valence electrons. The van der Waals surface area contributed by atoms with Crippen LogP contribution in [0.5, 0.6) is 0 Å². The van der Waals surface area contributed by atoms with Gasteiger partial charge in [-0.05, 0) is 0 Å². The van der Waals surface area contributed by atoms with E-state index in [4.69, 9.17) is 0 Å². The van der Waals surface area contributed by atoms with Gasteiger partial charge in [-0.15, -0.1) is 48.5 Å². The van der Waals surface area contributed by atoms with E-state index in [2.05, 4.69) is 12.2 Å². The zero-order valence-electron chi connectivity index (χ0n) is 10.9. The van der Waals surface area contributed by atoms with Gasteiger partial charge < -0.3 is 0 Å². The second-order valence-electron chi connectivity index (χ2n) is 3.35. The van der Waals surface area contributed by atoms with Gasteiger partial charge in [-0.2, -0.15) is 23.3 Å². The van der Waals surface area contributed by atoms with Crippen LogP contribution in [0.2, 0.25) is 0 Å². The van der Waals surface area contributed by atoms with Gasteiger partial charge >= 0.3 is 37.7 Å². The first-order valence-corrected chi connectivity index (χ1v) is 5.23. The summed E-state index contributed by atoms with van der Waals surface area (Å²) in [7, 11) is 0. The molecule has 0 heterocycles. The van der Waals surface area contributed by atoms with Crippen molar-refractivity contribution in [3.63, 3.8) is 0 Å². The summed E-state index contributed by atoms with van der Waals surface area (Å²) in [6.07, 6.45) is 10.1. The van der Waals surface area contributed by atoms with E-state index in [-0.39, 0.29) is 37.7 Å². The van der Waals surface area contributed by atoms with Crippen LogP contribution in [0.4, 0.5) is 0 Å². The molecule has 2 aromatic rings. The van der Waals surface area contributed by atoms with Crippen LogP contribution < -0.4 is 37.7 Å². The topological polar surface area (TPSA) is 0 Å². The van der Waals surface area contributed by atoms with Crippen LogP contribution in [0.3, 0.4) is 0 Å². The molecule has 0 atom stereocenters. The smallest absolute Gasteiger partial charge is 0.219 e. The molecular formula is C16H12Li2. The minimum Gasteiger partial charge on any atom is -0.219 e. The standard InChI is InChI=1S/C16H12.2Li/c1-3-9-15(10-4-1)13-7-8-14-16-11-5-2-6-12-16;;/h1-12H;;/q-2;2*+1. The maximum absolute atomic E-state index is 3.17. The van der Waals surface area contributed by atoms with Crippen molar-refractivity contribution in [1.29, 1.82) is 0 Å². The zero-order valence-corrected chi connectivity index (χ0v) is 10.9. The number of allylic oxidation sites excluding steroid dienone is 2. The molecule has 0 spiro atoms. The van der Waals surface area contributed by atoms with Crippen molar-refractivity contribution in [2.45, 2.75) is 0 Å². The number of benzene rings is 2. The van der Waals surface area contributed by atoms with Gasteiger partial charge in [0.2, 0.25) is 0 Å². The van der Waals surface area contributed by atoms with E-state index in [9.17, 15) is 0 Å². The van der Waals surface area contributed by atoms with E-state index in [0.717, 1.165) is 11.1 Å². The Morgan fingerprint density at radius 2 is 0.889 bits per heavy atom. The van der Waals surface area contributed by atoms with Gasteiger partial charge in [-0.1, -0.05) is 12.1 Å². The molecule has 2 aromatic carbocycles. The molecule has 0 nitrogen and oxygen atoms in total. The van der Waals surface area contributed by atoms with E-state index >= 15 is 0 Å². The number of hydrogen-bond donors (Lipinski definition) is 0. The van der Waals surface area contributed by atoms with Crippen LogP contribution in [0.1, 0.15) is 11.1 Å². The van der Waals surface area contributed by atoms with Crippen LogP contribution in [0.15, 0.2) is 72.8 Å². The monoisotopic (exact) mass is 218 g/mol. The minimum atomic E-state index is 0. The van der Waals surface area contributed by atoms with Crippen molar-refractivity contribution >= 4 is 0 Å². The van der Waals surface area contributed by atoms with E-state index in [1.54, 1.807) is 0 Å². The first-order chi connectivity index (χ1) is 7.95. The van der Waals surface area contributed by atoms with Crippen LogP contribution in [-0.4, -0.2) is 0 Å². The van der Waals surface area contributed by atoms with Gasteiger partial charge in [0.15, 0.2) is 0 Å². The summed E-state index contributed by atoms with van der Waals surface area (Å²) >= 11 is 0. The van der Waals surface area contributed by atoms with Crippen LogP contribution in [0, 0.1) is 12.2 Å². The Bertz CT molecular complexity index is 425. The fourth-order valence-corrected chi connectivity index (χ4v) is 1.34. The predicted octanol–water partition coefficient (Wildman–Crippen LogP) is -2.19. The van der Waals surface area contributed by atoms with Gasteiger partial charge in [0, 0.05) is 0 Å². The molecule has 18 heavy (non-hydrogen) atoms. The average Bonchev–Trinajstić information content (AvgIpc) is 2.37. The molecule has 0 aliphatic rings. The zero-order chi connectivity index (χ0) is 11.1. The Hall–Kier alpha value is -0.885. The van der Waals surface area contributed by atoms with Gasteiger partial charge in [0.05, 0.1) is 0 Å². The largest absolute Gasteiger partial charge is 1.00 e. The van der Waals surface area contributed by atoms with Crippen LogP contribution in [0.25, 0.3) is 0 Å². The molecule has 0 aliphatic carbocycles.